The van der Waals surface area contributed by atoms with Gasteiger partial charge in [-0.05, 0) is 0 Å². The van der Waals surface area contributed by atoms with Crippen LogP contribution in [0.15, 0.2) is 73.8 Å². The summed E-state index contributed by atoms with van der Waals surface area (Å²) in [6.07, 6.45) is 3.81. The van der Waals surface area contributed by atoms with Crippen LogP contribution in [-0.2, 0) is 20.8 Å². The van der Waals surface area contributed by atoms with Crippen LogP contribution in [0.1, 0.15) is 22.3 Å². The molecule has 0 aliphatic carbocycles. The molecule has 0 aliphatic heterocycles. The van der Waals surface area contributed by atoms with Gasteiger partial charge in [0.1, 0.15) is 0 Å². The summed E-state index contributed by atoms with van der Waals surface area (Å²) < 4.78 is 0. The van der Waals surface area contributed by atoms with Gasteiger partial charge in [0.15, 0.2) is 0 Å². The molecule has 4 aromatic rings. The van der Waals surface area contributed by atoms with Gasteiger partial charge < -0.3 is 0 Å². The Kier molecular flexibility index (Phi) is 13.2. The van der Waals surface area contributed by atoms with Gasteiger partial charge in [-0.3, -0.25) is 0 Å². The predicted molar refractivity (Wildman–Crippen MR) is 138 cm³/mol. The number of aryl methyl sites for hydroxylation is 2. The molecule has 0 bridgehead atoms. The Morgan fingerprint density at radius 2 is 1.13 bits per heavy atom. The minimum atomic E-state index is -0.826. The molecule has 0 amide bonds. The topological polar surface area (TPSA) is 0 Å². The van der Waals surface area contributed by atoms with Crippen molar-refractivity contribution in [3.05, 3.63) is 96.1 Å². The van der Waals surface area contributed by atoms with Crippen LogP contribution in [0.5, 0.6) is 0 Å². The van der Waals surface area contributed by atoms with E-state index >= 15 is 0 Å². The molecule has 4 rings (SSSR count). The summed E-state index contributed by atoms with van der Waals surface area (Å²) in [6.45, 7) is 16.1. The molecule has 0 aromatic heterocycles. The average Bonchev–Trinajstić information content (AvgIpc) is 3.29. The zero-order chi connectivity index (χ0) is 22.5. The predicted octanol–water partition coefficient (Wildman–Crippen LogP) is 9.18. The fourth-order valence-corrected chi connectivity index (χ4v) is 3.17. The molecule has 4 heteroatoms. The van der Waals surface area contributed by atoms with Crippen molar-refractivity contribution in [3.63, 3.8) is 0 Å². The maximum atomic E-state index is 4.93. The number of hydrogen-bond acceptors (Lipinski definition) is 0. The molecule has 154 valence electrons. The third kappa shape index (κ3) is 8.16. The molecule has 4 aromatic carbocycles. The summed E-state index contributed by atoms with van der Waals surface area (Å²) in [4.78, 5) is 0. The molecule has 0 atom stereocenters. The van der Waals surface area contributed by atoms with Crippen LogP contribution in [0, 0.1) is 13.8 Å². The second-order valence-electron chi connectivity index (χ2n) is 6.75. The van der Waals surface area contributed by atoms with E-state index in [0.29, 0.717) is 0 Å². The maximum absolute atomic E-state index is 4.93. The first-order chi connectivity index (χ1) is 14.4. The average molecular weight is 531 g/mol. The van der Waals surface area contributed by atoms with Gasteiger partial charge in [0.2, 0.25) is 0 Å². The molecule has 0 unspecified atom stereocenters. The molecule has 0 N–H and O–H groups in total. The molecule has 0 aliphatic rings. The number of fused-ring (bicyclic) bond motifs is 2. The van der Waals surface area contributed by atoms with E-state index in [4.69, 9.17) is 17.0 Å². The Balaban J connectivity index is 0.000000239. The van der Waals surface area contributed by atoms with Crippen LogP contribution in [0.3, 0.4) is 0 Å². The van der Waals surface area contributed by atoms with Crippen molar-refractivity contribution >= 4 is 60.2 Å². The van der Waals surface area contributed by atoms with E-state index in [1.165, 1.54) is 43.8 Å². The van der Waals surface area contributed by atoms with Gasteiger partial charge in [0, 0.05) is 9.52 Å². The van der Waals surface area contributed by atoms with Crippen molar-refractivity contribution in [2.45, 2.75) is 26.9 Å². The second kappa shape index (κ2) is 14.8. The Morgan fingerprint density at radius 1 is 0.800 bits per heavy atom. The van der Waals surface area contributed by atoms with Crippen molar-refractivity contribution in [2.24, 2.45) is 0 Å². The van der Waals surface area contributed by atoms with Crippen LogP contribution in [0.4, 0.5) is 0 Å². The summed E-state index contributed by atoms with van der Waals surface area (Å²) in [7, 11) is 11.0. The van der Waals surface area contributed by atoms with Crippen molar-refractivity contribution in [3.8, 4) is 0 Å². The summed E-state index contributed by atoms with van der Waals surface area (Å²) in [6, 6.07) is 21.4. The summed E-state index contributed by atoms with van der Waals surface area (Å²) in [5, 5.41) is 5.24. The van der Waals surface area contributed by atoms with Gasteiger partial charge >= 0.3 is 37.9 Å². The monoisotopic (exact) mass is 528 g/mol. The molecular formula is C26H28Cl2SiZr. The van der Waals surface area contributed by atoms with E-state index in [1.807, 2.05) is 12.2 Å². The first kappa shape index (κ1) is 26.9. The molecule has 0 saturated carbocycles. The third-order valence-corrected chi connectivity index (χ3v) is 4.30. The van der Waals surface area contributed by atoms with Crippen LogP contribution >= 0.6 is 17.0 Å². The standard InChI is InChI=1S/2C12H11.C2H6Si.2ClH.Zr/c2*1-3-10-5-4-6-11-7-9(2)8-12(10)11;1-3-2;;;/h2*3-8H,1H2,2H3;1-2H3;2*1H;/q2*-1;;;;+4/p-2. The van der Waals surface area contributed by atoms with Gasteiger partial charge in [0.25, 0.3) is 0 Å². The fraction of sp³-hybridized carbons (Fsp3) is 0.154. The number of hydrogen-bond donors (Lipinski definition) is 0. The Labute approximate surface area is 202 Å². The molecule has 0 saturated heterocycles. The Morgan fingerprint density at radius 3 is 1.43 bits per heavy atom. The number of halogens is 2. The van der Waals surface area contributed by atoms with E-state index < -0.39 is 20.8 Å². The molecule has 30 heavy (non-hydrogen) atoms. The van der Waals surface area contributed by atoms with Crippen molar-refractivity contribution < 1.29 is 20.8 Å². The molecule has 0 nitrogen and oxygen atoms in total. The molecule has 0 heterocycles. The number of benzene rings is 2. The van der Waals surface area contributed by atoms with Crippen molar-refractivity contribution in [1.29, 1.82) is 0 Å². The van der Waals surface area contributed by atoms with Crippen molar-refractivity contribution in [2.75, 3.05) is 0 Å². The zero-order valence-electron chi connectivity index (χ0n) is 18.1. The van der Waals surface area contributed by atoms with Gasteiger partial charge in [-0.1, -0.05) is 75.5 Å². The SMILES string of the molecule is C=Cc1cccc2[cH-]c(C)cc12.C=Cc1cccc2[cH-]c(C)cc12.C[Si]C.[Cl][Zr+2][Cl]. The van der Waals surface area contributed by atoms with Crippen LogP contribution < -0.4 is 0 Å². The molecule has 0 fully saturated rings. The van der Waals surface area contributed by atoms with E-state index in [1.54, 1.807) is 0 Å². The van der Waals surface area contributed by atoms with E-state index in [0.717, 1.165) is 9.52 Å². The quantitative estimate of drug-likeness (QED) is 0.179. The van der Waals surface area contributed by atoms with E-state index in [2.05, 4.69) is 101 Å². The summed E-state index contributed by atoms with van der Waals surface area (Å²) >= 11 is -0.826. The van der Waals surface area contributed by atoms with E-state index in [-0.39, 0.29) is 0 Å². The second-order valence-corrected chi connectivity index (χ2v) is 11.5. The normalized spacial score (nSPS) is 9.27. The van der Waals surface area contributed by atoms with Crippen LogP contribution in [-0.4, -0.2) is 9.52 Å². The third-order valence-electron chi connectivity index (χ3n) is 4.30. The van der Waals surface area contributed by atoms with Gasteiger partial charge in [-0.15, -0.1) is 69.1 Å². The van der Waals surface area contributed by atoms with Gasteiger partial charge in [0.05, 0.1) is 0 Å². The van der Waals surface area contributed by atoms with Gasteiger partial charge in [-0.25, -0.2) is 0 Å². The number of rotatable bonds is 2. The molecular weight excluding hydrogens is 503 g/mol. The summed E-state index contributed by atoms with van der Waals surface area (Å²) in [5.41, 5.74) is 5.08. The van der Waals surface area contributed by atoms with Crippen molar-refractivity contribution in [1.82, 2.24) is 0 Å². The van der Waals surface area contributed by atoms with E-state index in [9.17, 15) is 0 Å². The molecule has 0 spiro atoms. The Hall–Kier alpha value is -1.18. The Bertz CT molecular complexity index is 973. The minimum absolute atomic E-state index is 0.826. The van der Waals surface area contributed by atoms with Gasteiger partial charge in [-0.2, -0.15) is 12.1 Å². The molecule has 2 radical (unpaired) electrons. The zero-order valence-corrected chi connectivity index (χ0v) is 23.1. The first-order valence-corrected chi connectivity index (χ1v) is 17.9. The van der Waals surface area contributed by atoms with Crippen LogP contribution in [0.2, 0.25) is 13.1 Å². The summed E-state index contributed by atoms with van der Waals surface area (Å²) in [5.74, 6) is 0. The fourth-order valence-electron chi connectivity index (χ4n) is 3.17. The first-order valence-electron chi connectivity index (χ1n) is 9.57. The van der Waals surface area contributed by atoms with Crippen LogP contribution in [0.25, 0.3) is 33.7 Å².